The molecule has 0 bridgehead atoms. The molecular weight excluding hydrogens is 466 g/mol. The van der Waals surface area contributed by atoms with E-state index in [4.69, 9.17) is 4.74 Å². The molecule has 0 unspecified atom stereocenters. The van der Waals surface area contributed by atoms with Crippen molar-refractivity contribution in [1.29, 1.82) is 0 Å². The average Bonchev–Trinajstić information content (AvgIpc) is 3.36. The molecule has 1 fully saturated rings. The topological polar surface area (TPSA) is 88.6 Å². The summed E-state index contributed by atoms with van der Waals surface area (Å²) >= 11 is 2.88. The monoisotopic (exact) mass is 491 g/mol. The minimum atomic E-state index is -3.65. The number of thiophene rings is 1. The summed E-state index contributed by atoms with van der Waals surface area (Å²) in [4.78, 5) is 19.2. The molecular formula is C22H25N3O4S3. The molecule has 1 aliphatic rings. The lowest BCUT2D eigenvalue weighted by Gasteiger charge is -2.21. The third-order valence-corrected chi connectivity index (χ3v) is 9.45. The molecule has 1 saturated heterocycles. The molecule has 1 N–H and O–H groups in total. The Morgan fingerprint density at radius 1 is 1.16 bits per heavy atom. The second-order valence-electron chi connectivity index (χ2n) is 7.55. The molecule has 0 radical (unpaired) electrons. The molecule has 1 amide bonds. The van der Waals surface area contributed by atoms with Gasteiger partial charge < -0.3 is 10.1 Å². The Balaban J connectivity index is 1.61. The number of benzene rings is 1. The summed E-state index contributed by atoms with van der Waals surface area (Å²) in [6.07, 6.45) is 3.79. The molecule has 1 aliphatic heterocycles. The third-order valence-electron chi connectivity index (χ3n) is 5.36. The van der Waals surface area contributed by atoms with E-state index in [2.05, 4.69) is 10.3 Å². The van der Waals surface area contributed by atoms with Crippen LogP contribution in [0.5, 0.6) is 5.75 Å². The molecule has 4 rings (SSSR count). The van der Waals surface area contributed by atoms with Crippen LogP contribution in [0.2, 0.25) is 0 Å². The number of rotatable bonds is 6. The second kappa shape index (κ2) is 9.70. The fourth-order valence-electron chi connectivity index (χ4n) is 3.67. The maximum atomic E-state index is 13.2. The predicted molar refractivity (Wildman–Crippen MR) is 128 cm³/mol. The molecule has 3 aromatic rings. The lowest BCUT2D eigenvalue weighted by molar-refractivity contribution is 0.102. The summed E-state index contributed by atoms with van der Waals surface area (Å²) in [5, 5.41) is 5.58. The first-order valence-corrected chi connectivity index (χ1v) is 13.5. The SMILES string of the molecule is COc1ccc(S(=O)(=O)N2CCCCCC2)cc1NC(=O)c1sc(-c2cccs2)nc1C. The van der Waals surface area contributed by atoms with E-state index in [9.17, 15) is 13.2 Å². The van der Waals surface area contributed by atoms with Gasteiger partial charge in [-0.25, -0.2) is 13.4 Å². The zero-order valence-electron chi connectivity index (χ0n) is 18.0. The van der Waals surface area contributed by atoms with Gasteiger partial charge in [0.15, 0.2) is 0 Å². The molecule has 0 saturated carbocycles. The highest BCUT2D eigenvalue weighted by Gasteiger charge is 2.27. The standard InChI is InChI=1S/C22H25N3O4S3/c1-15-20(31-22(23-15)19-8-7-13-30-19)21(26)24-17-14-16(9-10-18(17)29-2)32(27,28)25-11-5-3-4-6-12-25/h7-10,13-14H,3-6,11-12H2,1-2H3,(H,24,26). The summed E-state index contributed by atoms with van der Waals surface area (Å²) in [6, 6.07) is 8.49. The van der Waals surface area contributed by atoms with E-state index in [1.807, 2.05) is 17.5 Å². The molecule has 0 spiro atoms. The number of nitrogens with one attached hydrogen (secondary N) is 1. The van der Waals surface area contributed by atoms with Crippen LogP contribution < -0.4 is 10.1 Å². The van der Waals surface area contributed by atoms with Crippen LogP contribution in [0, 0.1) is 6.92 Å². The van der Waals surface area contributed by atoms with Crippen LogP contribution in [0.25, 0.3) is 9.88 Å². The zero-order chi connectivity index (χ0) is 22.7. The minimum absolute atomic E-state index is 0.149. The van der Waals surface area contributed by atoms with Crippen molar-refractivity contribution in [3.8, 4) is 15.6 Å². The largest absolute Gasteiger partial charge is 0.495 e. The van der Waals surface area contributed by atoms with Crippen molar-refractivity contribution in [2.75, 3.05) is 25.5 Å². The molecule has 1 aromatic carbocycles. The molecule has 0 aliphatic carbocycles. The van der Waals surface area contributed by atoms with Crippen LogP contribution >= 0.6 is 22.7 Å². The third kappa shape index (κ3) is 4.73. The van der Waals surface area contributed by atoms with Crippen LogP contribution in [0.15, 0.2) is 40.6 Å². The van der Waals surface area contributed by atoms with E-state index in [1.54, 1.807) is 24.3 Å². The van der Waals surface area contributed by atoms with Crippen LogP contribution in [-0.2, 0) is 10.0 Å². The Kier molecular flexibility index (Phi) is 6.94. The lowest BCUT2D eigenvalue weighted by Crippen LogP contribution is -2.32. The Morgan fingerprint density at radius 2 is 1.91 bits per heavy atom. The van der Waals surface area contributed by atoms with Crippen molar-refractivity contribution < 1.29 is 17.9 Å². The van der Waals surface area contributed by atoms with Gasteiger partial charge in [0.2, 0.25) is 10.0 Å². The molecule has 3 heterocycles. The number of methoxy groups -OCH3 is 1. The van der Waals surface area contributed by atoms with E-state index in [-0.39, 0.29) is 10.8 Å². The number of nitrogens with zero attached hydrogens (tertiary/aromatic N) is 2. The fraction of sp³-hybridized carbons (Fsp3) is 0.364. The molecule has 32 heavy (non-hydrogen) atoms. The van der Waals surface area contributed by atoms with Gasteiger partial charge in [-0.2, -0.15) is 4.31 Å². The van der Waals surface area contributed by atoms with E-state index in [0.717, 1.165) is 35.6 Å². The Bertz CT molecular complexity index is 1200. The van der Waals surface area contributed by atoms with Crippen LogP contribution in [0.1, 0.15) is 41.0 Å². The number of thiazole rings is 1. The Hall–Kier alpha value is -2.27. The number of aromatic nitrogens is 1. The molecule has 10 heteroatoms. The predicted octanol–water partition coefficient (Wildman–Crippen LogP) is 5.01. The van der Waals surface area contributed by atoms with Crippen molar-refractivity contribution in [3.05, 3.63) is 46.3 Å². The highest BCUT2D eigenvalue weighted by molar-refractivity contribution is 7.89. The fourth-order valence-corrected chi connectivity index (χ4v) is 6.97. The summed E-state index contributed by atoms with van der Waals surface area (Å²) < 4.78 is 33.3. The minimum Gasteiger partial charge on any atom is -0.495 e. The van der Waals surface area contributed by atoms with Crippen LogP contribution in [0.3, 0.4) is 0 Å². The van der Waals surface area contributed by atoms with Gasteiger partial charge in [0.25, 0.3) is 5.91 Å². The Labute approximate surface area is 196 Å². The number of ether oxygens (including phenoxy) is 1. The normalized spacial score (nSPS) is 15.3. The molecule has 7 nitrogen and oxygen atoms in total. The number of anilines is 1. The Morgan fingerprint density at radius 3 is 2.56 bits per heavy atom. The van der Waals surface area contributed by atoms with Crippen LogP contribution in [-0.4, -0.2) is 43.8 Å². The molecule has 170 valence electrons. The first kappa shape index (κ1) is 22.9. The van der Waals surface area contributed by atoms with Gasteiger partial charge >= 0.3 is 0 Å². The smallest absolute Gasteiger partial charge is 0.267 e. The van der Waals surface area contributed by atoms with E-state index in [0.29, 0.717) is 35.1 Å². The van der Waals surface area contributed by atoms with Gasteiger partial charge in [-0.1, -0.05) is 18.9 Å². The summed E-state index contributed by atoms with van der Waals surface area (Å²) in [6.45, 7) is 2.82. The quantitative estimate of drug-likeness (QED) is 0.524. The van der Waals surface area contributed by atoms with Crippen molar-refractivity contribution in [2.24, 2.45) is 0 Å². The summed E-state index contributed by atoms with van der Waals surface area (Å²) in [5.74, 6) is 0.0549. The first-order valence-electron chi connectivity index (χ1n) is 10.4. The van der Waals surface area contributed by atoms with Gasteiger partial charge in [0.05, 0.1) is 28.3 Å². The number of hydrogen-bond acceptors (Lipinski definition) is 7. The van der Waals surface area contributed by atoms with Crippen molar-refractivity contribution in [1.82, 2.24) is 9.29 Å². The lowest BCUT2D eigenvalue weighted by atomic mass is 10.2. The molecule has 2 aromatic heterocycles. The van der Waals surface area contributed by atoms with Gasteiger partial charge in [0.1, 0.15) is 15.6 Å². The second-order valence-corrected chi connectivity index (χ2v) is 11.4. The first-order chi connectivity index (χ1) is 15.4. The molecule has 0 atom stereocenters. The van der Waals surface area contributed by atoms with Gasteiger partial charge in [-0.15, -0.1) is 22.7 Å². The summed E-state index contributed by atoms with van der Waals surface area (Å²) in [7, 11) is -2.16. The van der Waals surface area contributed by atoms with Gasteiger partial charge in [0, 0.05) is 13.1 Å². The van der Waals surface area contributed by atoms with Crippen LogP contribution in [0.4, 0.5) is 5.69 Å². The number of carbonyl (C=O) groups excluding carboxylic acids is 1. The number of hydrogen-bond donors (Lipinski definition) is 1. The number of sulfonamides is 1. The highest BCUT2D eigenvalue weighted by Crippen LogP contribution is 2.33. The van der Waals surface area contributed by atoms with Gasteiger partial charge in [-0.05, 0) is 49.4 Å². The zero-order valence-corrected chi connectivity index (χ0v) is 20.4. The number of amides is 1. The van der Waals surface area contributed by atoms with E-state index < -0.39 is 10.0 Å². The van der Waals surface area contributed by atoms with Crippen molar-refractivity contribution in [3.63, 3.8) is 0 Å². The number of aryl methyl sites for hydroxylation is 1. The van der Waals surface area contributed by atoms with E-state index >= 15 is 0 Å². The highest BCUT2D eigenvalue weighted by atomic mass is 32.2. The van der Waals surface area contributed by atoms with E-state index in [1.165, 1.54) is 34.9 Å². The maximum absolute atomic E-state index is 13.2. The summed E-state index contributed by atoms with van der Waals surface area (Å²) in [5.41, 5.74) is 0.946. The van der Waals surface area contributed by atoms with Crippen molar-refractivity contribution in [2.45, 2.75) is 37.5 Å². The van der Waals surface area contributed by atoms with Gasteiger partial charge in [-0.3, -0.25) is 4.79 Å². The van der Waals surface area contributed by atoms with Crippen molar-refractivity contribution >= 4 is 44.3 Å². The maximum Gasteiger partial charge on any atom is 0.267 e. The average molecular weight is 492 g/mol. The number of carbonyl (C=O) groups is 1.